The Labute approximate surface area is 211 Å². The third kappa shape index (κ3) is 10.0. The van der Waals surface area contributed by atoms with Crippen LogP contribution < -0.4 is 31.2 Å². The number of rotatable bonds is 12. The van der Waals surface area contributed by atoms with Crippen LogP contribution >= 0.6 is 0 Å². The van der Waals surface area contributed by atoms with Crippen LogP contribution in [0.1, 0.15) is 73.1 Å². The summed E-state index contributed by atoms with van der Waals surface area (Å²) in [5.74, 6) is -2.31. The lowest BCUT2D eigenvalue weighted by Crippen LogP contribution is -2.52. The second kappa shape index (κ2) is 15.8. The average Bonchev–Trinajstić information content (AvgIpc) is 2.90. The molecule has 2 aromatic rings. The summed E-state index contributed by atoms with van der Waals surface area (Å²) in [5, 5.41) is 0. The summed E-state index contributed by atoms with van der Waals surface area (Å²) in [5.41, 5.74) is 8.77. The maximum Gasteiger partial charge on any atom is 0.329 e. The van der Waals surface area contributed by atoms with E-state index in [9.17, 15) is 19.2 Å². The molecule has 0 saturated carbocycles. The van der Waals surface area contributed by atoms with Gasteiger partial charge in [0.1, 0.15) is 11.5 Å². The number of carbonyl (C=O) groups is 4. The molecule has 0 aliphatic carbocycles. The molecule has 0 radical (unpaired) electrons. The van der Waals surface area contributed by atoms with Gasteiger partial charge in [-0.25, -0.2) is 0 Å². The topological polar surface area (TPSA) is 135 Å². The molecule has 0 aromatic heterocycles. The zero-order chi connectivity index (χ0) is 26.2. The van der Waals surface area contributed by atoms with E-state index < -0.39 is 23.6 Å². The second-order valence-electron chi connectivity index (χ2n) is 7.91. The number of amides is 4. The van der Waals surface area contributed by atoms with Gasteiger partial charge in [0.15, 0.2) is 0 Å². The van der Waals surface area contributed by atoms with Crippen LogP contribution in [0.5, 0.6) is 11.5 Å². The van der Waals surface area contributed by atoms with Crippen LogP contribution in [0, 0.1) is 0 Å². The van der Waals surface area contributed by atoms with Crippen molar-refractivity contribution in [3.05, 3.63) is 59.7 Å². The van der Waals surface area contributed by atoms with Gasteiger partial charge in [-0.05, 0) is 61.9 Å². The molecule has 0 atom stereocenters. The number of hydrogen-bond donors (Lipinski definition) is 4. The summed E-state index contributed by atoms with van der Waals surface area (Å²) in [6, 6.07) is 12.7. The lowest BCUT2D eigenvalue weighted by atomic mass is 10.1. The van der Waals surface area contributed by atoms with Crippen molar-refractivity contribution in [3.8, 4) is 11.5 Å². The van der Waals surface area contributed by atoms with Crippen molar-refractivity contribution < 1.29 is 28.7 Å². The van der Waals surface area contributed by atoms with E-state index in [1.54, 1.807) is 36.4 Å². The van der Waals surface area contributed by atoms with Gasteiger partial charge in [-0.2, -0.15) is 0 Å². The summed E-state index contributed by atoms with van der Waals surface area (Å²) < 4.78 is 11.0. The van der Waals surface area contributed by atoms with Crippen molar-refractivity contribution in [2.75, 3.05) is 13.2 Å². The Morgan fingerprint density at radius 1 is 0.583 bits per heavy atom. The first-order valence-corrected chi connectivity index (χ1v) is 12.1. The molecule has 10 nitrogen and oxygen atoms in total. The first kappa shape index (κ1) is 28.2. The van der Waals surface area contributed by atoms with Crippen molar-refractivity contribution in [3.63, 3.8) is 0 Å². The lowest BCUT2D eigenvalue weighted by molar-refractivity contribution is -0.140. The Morgan fingerprint density at radius 2 is 1.03 bits per heavy atom. The standard InChI is InChI=1S/C26H34N4O6/c1-3-5-6-7-8-9-18-36-22-16-12-20(13-17-22)24(32)28-30-26(34)25(33)29-27-23(31)19-10-14-21(15-11-19)35-4-2/h10-17H,3-9,18H2,1-2H3,(H,27,31)(H,28,32)(H,29,33)(H,30,34). The molecule has 2 rings (SSSR count). The number of hydrogen-bond acceptors (Lipinski definition) is 6. The Bertz CT molecular complexity index is 992. The molecular weight excluding hydrogens is 464 g/mol. The molecule has 2 aromatic carbocycles. The smallest absolute Gasteiger partial charge is 0.329 e. The van der Waals surface area contributed by atoms with E-state index in [0.29, 0.717) is 24.7 Å². The average molecular weight is 499 g/mol. The van der Waals surface area contributed by atoms with Crippen LogP contribution in [-0.4, -0.2) is 36.8 Å². The molecule has 0 spiro atoms. The fourth-order valence-corrected chi connectivity index (χ4v) is 3.13. The summed E-state index contributed by atoms with van der Waals surface area (Å²) in [6.07, 6.45) is 7.03. The Kier molecular flexibility index (Phi) is 12.3. The highest BCUT2D eigenvalue weighted by atomic mass is 16.5. The highest BCUT2D eigenvalue weighted by Crippen LogP contribution is 2.14. The van der Waals surface area contributed by atoms with Gasteiger partial charge in [0.05, 0.1) is 13.2 Å². The zero-order valence-corrected chi connectivity index (χ0v) is 20.7. The SMILES string of the molecule is CCCCCCCCOc1ccc(C(=O)NNC(=O)C(=O)NNC(=O)c2ccc(OCC)cc2)cc1. The highest BCUT2D eigenvalue weighted by Gasteiger charge is 2.16. The van der Waals surface area contributed by atoms with E-state index in [1.807, 2.05) is 17.8 Å². The van der Waals surface area contributed by atoms with Crippen LogP contribution in [0.25, 0.3) is 0 Å². The molecule has 0 saturated heterocycles. The van der Waals surface area contributed by atoms with Crippen molar-refractivity contribution >= 4 is 23.6 Å². The Balaban J connectivity index is 1.68. The van der Waals surface area contributed by atoms with Gasteiger partial charge in [-0.3, -0.25) is 40.9 Å². The molecule has 4 amide bonds. The van der Waals surface area contributed by atoms with Crippen LogP contribution in [0.2, 0.25) is 0 Å². The molecule has 0 bridgehead atoms. The highest BCUT2D eigenvalue weighted by molar-refractivity contribution is 6.35. The normalized spacial score (nSPS) is 10.2. The molecule has 0 aliphatic rings. The summed E-state index contributed by atoms with van der Waals surface area (Å²) in [4.78, 5) is 48.1. The van der Waals surface area contributed by atoms with Gasteiger partial charge in [0, 0.05) is 11.1 Å². The molecular formula is C26H34N4O6. The first-order valence-electron chi connectivity index (χ1n) is 12.1. The van der Waals surface area contributed by atoms with E-state index in [-0.39, 0.29) is 11.1 Å². The van der Waals surface area contributed by atoms with Crippen LogP contribution in [0.3, 0.4) is 0 Å². The van der Waals surface area contributed by atoms with Gasteiger partial charge < -0.3 is 9.47 Å². The van der Waals surface area contributed by atoms with E-state index >= 15 is 0 Å². The number of carbonyl (C=O) groups excluding carboxylic acids is 4. The van der Waals surface area contributed by atoms with Crippen LogP contribution in [0.4, 0.5) is 0 Å². The van der Waals surface area contributed by atoms with E-state index in [1.165, 1.54) is 37.8 Å². The maximum absolute atomic E-state index is 12.2. The number of unbranched alkanes of at least 4 members (excludes halogenated alkanes) is 5. The van der Waals surface area contributed by atoms with E-state index in [2.05, 4.69) is 17.8 Å². The molecule has 10 heteroatoms. The Morgan fingerprint density at radius 3 is 1.50 bits per heavy atom. The predicted molar refractivity (Wildman–Crippen MR) is 134 cm³/mol. The van der Waals surface area contributed by atoms with Crippen LogP contribution in [0.15, 0.2) is 48.5 Å². The molecule has 0 fully saturated rings. The molecule has 194 valence electrons. The van der Waals surface area contributed by atoms with E-state index in [4.69, 9.17) is 9.47 Å². The minimum atomic E-state index is -1.16. The molecule has 0 aliphatic heterocycles. The second-order valence-corrected chi connectivity index (χ2v) is 7.91. The summed E-state index contributed by atoms with van der Waals surface area (Å²) >= 11 is 0. The lowest BCUT2D eigenvalue weighted by Gasteiger charge is -2.10. The molecule has 0 unspecified atom stereocenters. The van der Waals surface area contributed by atoms with Crippen LogP contribution in [-0.2, 0) is 9.59 Å². The molecule has 4 N–H and O–H groups in total. The summed E-state index contributed by atoms with van der Waals surface area (Å²) in [7, 11) is 0. The minimum Gasteiger partial charge on any atom is -0.494 e. The predicted octanol–water partition coefficient (Wildman–Crippen LogP) is 3.05. The van der Waals surface area contributed by atoms with Gasteiger partial charge in [-0.1, -0.05) is 39.0 Å². The third-order valence-electron chi connectivity index (χ3n) is 5.10. The molecule has 36 heavy (non-hydrogen) atoms. The third-order valence-corrected chi connectivity index (χ3v) is 5.10. The fraction of sp³-hybridized carbons (Fsp3) is 0.385. The molecule has 0 heterocycles. The number of hydrazine groups is 2. The largest absolute Gasteiger partial charge is 0.494 e. The number of ether oxygens (including phenoxy) is 2. The monoisotopic (exact) mass is 498 g/mol. The fourth-order valence-electron chi connectivity index (χ4n) is 3.13. The first-order chi connectivity index (χ1) is 17.4. The van der Waals surface area contributed by atoms with Crippen molar-refractivity contribution in [2.24, 2.45) is 0 Å². The zero-order valence-electron chi connectivity index (χ0n) is 20.7. The minimum absolute atomic E-state index is 0.256. The maximum atomic E-state index is 12.2. The number of benzene rings is 2. The van der Waals surface area contributed by atoms with E-state index in [0.717, 1.165) is 12.8 Å². The Hall–Kier alpha value is -4.08. The van der Waals surface area contributed by atoms with Gasteiger partial charge in [0.25, 0.3) is 11.8 Å². The van der Waals surface area contributed by atoms with Gasteiger partial charge in [0.2, 0.25) is 0 Å². The van der Waals surface area contributed by atoms with Gasteiger partial charge >= 0.3 is 11.8 Å². The van der Waals surface area contributed by atoms with Crippen molar-refractivity contribution in [1.29, 1.82) is 0 Å². The quantitative estimate of drug-likeness (QED) is 0.202. The van der Waals surface area contributed by atoms with Crippen molar-refractivity contribution in [2.45, 2.75) is 52.4 Å². The van der Waals surface area contributed by atoms with Crippen molar-refractivity contribution in [1.82, 2.24) is 21.7 Å². The van der Waals surface area contributed by atoms with Gasteiger partial charge in [-0.15, -0.1) is 0 Å². The summed E-state index contributed by atoms with van der Waals surface area (Å²) in [6.45, 7) is 5.13. The number of nitrogens with one attached hydrogen (secondary N) is 4.